The number of methoxy groups -OCH3 is 1. The topological polar surface area (TPSA) is 26.3 Å². The molecule has 2 nitrogen and oxygen atoms in total. The summed E-state index contributed by atoms with van der Waals surface area (Å²) in [6.07, 6.45) is 0. The van der Waals surface area contributed by atoms with Crippen LogP contribution in [0.4, 0.5) is 4.39 Å². The average Bonchev–Trinajstić information content (AvgIpc) is 2.69. The number of hydrogen-bond donors (Lipinski definition) is 0. The number of rotatable bonds is 1. The lowest BCUT2D eigenvalue weighted by atomic mass is 10.2. The molecule has 0 saturated heterocycles. The quantitative estimate of drug-likeness (QED) is 0.747. The summed E-state index contributed by atoms with van der Waals surface area (Å²) in [5.74, 6) is -0.687. The van der Waals surface area contributed by atoms with Crippen LogP contribution in [-0.4, -0.2) is 13.1 Å². The molecule has 0 amide bonds. The van der Waals surface area contributed by atoms with Crippen molar-refractivity contribution in [3.05, 3.63) is 32.9 Å². The number of carbonyl (C=O) groups is 1. The summed E-state index contributed by atoms with van der Waals surface area (Å²) >= 11 is 4.49. The number of thiophene rings is 1. The van der Waals surface area contributed by atoms with Crippen LogP contribution in [0.25, 0.3) is 10.1 Å². The van der Waals surface area contributed by atoms with Crippen molar-refractivity contribution < 1.29 is 13.9 Å². The molecule has 0 aliphatic rings. The van der Waals surface area contributed by atoms with Crippen LogP contribution < -0.4 is 0 Å². The first kappa shape index (κ1) is 11.5. The highest BCUT2D eigenvalue weighted by Gasteiger charge is 2.15. The van der Waals surface area contributed by atoms with Gasteiger partial charge in [-0.1, -0.05) is 0 Å². The Morgan fingerprint density at radius 2 is 2.19 bits per heavy atom. The number of aryl methyl sites for hydroxylation is 1. The molecule has 2 rings (SSSR count). The van der Waals surface area contributed by atoms with E-state index in [1.165, 1.54) is 18.4 Å². The summed E-state index contributed by atoms with van der Waals surface area (Å²) in [6.45, 7) is 1.69. The van der Waals surface area contributed by atoms with E-state index in [0.29, 0.717) is 20.3 Å². The third-order valence-corrected chi connectivity index (χ3v) is 4.11. The maximum absolute atomic E-state index is 13.6. The van der Waals surface area contributed by atoms with E-state index in [2.05, 4.69) is 20.7 Å². The molecule has 84 valence electrons. The Morgan fingerprint density at radius 1 is 1.50 bits per heavy atom. The van der Waals surface area contributed by atoms with E-state index in [1.807, 2.05) is 0 Å². The Kier molecular flexibility index (Phi) is 2.99. The van der Waals surface area contributed by atoms with Gasteiger partial charge in [-0.3, -0.25) is 0 Å². The van der Waals surface area contributed by atoms with Crippen molar-refractivity contribution >= 4 is 43.3 Å². The van der Waals surface area contributed by atoms with E-state index in [4.69, 9.17) is 0 Å². The second-order valence-corrected chi connectivity index (χ2v) is 5.21. The molecule has 2 aromatic rings. The van der Waals surface area contributed by atoms with Crippen LogP contribution in [0.3, 0.4) is 0 Å². The van der Waals surface area contributed by atoms with E-state index in [1.54, 1.807) is 19.1 Å². The largest absolute Gasteiger partial charge is 0.465 e. The Balaban J connectivity index is 2.71. The fourth-order valence-electron chi connectivity index (χ4n) is 1.44. The maximum Gasteiger partial charge on any atom is 0.348 e. The van der Waals surface area contributed by atoms with Crippen LogP contribution in [0.2, 0.25) is 0 Å². The first-order valence-corrected chi connectivity index (χ1v) is 6.12. The third kappa shape index (κ3) is 1.74. The van der Waals surface area contributed by atoms with Crippen molar-refractivity contribution in [1.29, 1.82) is 0 Å². The van der Waals surface area contributed by atoms with Crippen LogP contribution >= 0.6 is 27.3 Å². The number of hydrogen-bond acceptors (Lipinski definition) is 3. The van der Waals surface area contributed by atoms with Crippen LogP contribution in [0, 0.1) is 12.7 Å². The van der Waals surface area contributed by atoms with Crippen molar-refractivity contribution in [3.63, 3.8) is 0 Å². The molecule has 0 spiro atoms. The molecule has 0 aliphatic heterocycles. The molecule has 0 fully saturated rings. The van der Waals surface area contributed by atoms with Gasteiger partial charge in [-0.25, -0.2) is 9.18 Å². The molecule has 1 heterocycles. The van der Waals surface area contributed by atoms with E-state index in [9.17, 15) is 9.18 Å². The zero-order chi connectivity index (χ0) is 11.9. The summed E-state index contributed by atoms with van der Waals surface area (Å²) in [7, 11) is 1.33. The minimum atomic E-state index is -0.397. The predicted octanol–water partition coefficient (Wildman–Crippen LogP) is 3.90. The van der Waals surface area contributed by atoms with E-state index < -0.39 is 5.97 Å². The minimum Gasteiger partial charge on any atom is -0.465 e. The number of benzene rings is 1. The SMILES string of the molecule is COC(=O)c1cc2c(Br)c(F)c(C)cc2s1. The van der Waals surface area contributed by atoms with Gasteiger partial charge in [0.15, 0.2) is 0 Å². The summed E-state index contributed by atoms with van der Waals surface area (Å²) in [6, 6.07) is 3.37. The number of halogens is 2. The molecular weight excluding hydrogens is 295 g/mol. The second-order valence-electron chi connectivity index (χ2n) is 3.34. The Bertz CT molecular complexity index is 577. The van der Waals surface area contributed by atoms with Crippen molar-refractivity contribution in [1.82, 2.24) is 0 Å². The Labute approximate surface area is 104 Å². The smallest absolute Gasteiger partial charge is 0.348 e. The molecule has 1 aromatic carbocycles. The molecule has 0 unspecified atom stereocenters. The predicted molar refractivity (Wildman–Crippen MR) is 65.6 cm³/mol. The molecule has 0 atom stereocenters. The second kappa shape index (κ2) is 4.14. The average molecular weight is 303 g/mol. The van der Waals surface area contributed by atoms with Crippen LogP contribution in [0.15, 0.2) is 16.6 Å². The highest BCUT2D eigenvalue weighted by molar-refractivity contribution is 9.10. The first-order chi connectivity index (χ1) is 7.54. The van der Waals surface area contributed by atoms with Crippen LogP contribution in [-0.2, 0) is 4.74 Å². The molecule has 0 radical (unpaired) electrons. The lowest BCUT2D eigenvalue weighted by molar-refractivity contribution is 0.0606. The number of carbonyl (C=O) groups excluding carboxylic acids is 1. The van der Waals surface area contributed by atoms with Crippen LogP contribution in [0.5, 0.6) is 0 Å². The summed E-state index contributed by atoms with van der Waals surface area (Å²) in [5.41, 5.74) is 0.553. The Hall–Kier alpha value is -0.940. The van der Waals surface area contributed by atoms with Gasteiger partial charge in [-0.05, 0) is 40.5 Å². The zero-order valence-electron chi connectivity index (χ0n) is 8.64. The normalized spacial score (nSPS) is 10.8. The van der Waals surface area contributed by atoms with Crippen molar-refractivity contribution in [2.75, 3.05) is 7.11 Å². The number of fused-ring (bicyclic) bond motifs is 1. The first-order valence-electron chi connectivity index (χ1n) is 4.51. The molecule has 5 heteroatoms. The summed E-state index contributed by atoms with van der Waals surface area (Å²) in [4.78, 5) is 11.8. The van der Waals surface area contributed by atoms with Crippen molar-refractivity contribution in [2.24, 2.45) is 0 Å². The van der Waals surface area contributed by atoms with Gasteiger partial charge >= 0.3 is 5.97 Å². The van der Waals surface area contributed by atoms with Gasteiger partial charge < -0.3 is 4.74 Å². The van der Waals surface area contributed by atoms with Gasteiger partial charge in [0.25, 0.3) is 0 Å². The fraction of sp³-hybridized carbons (Fsp3) is 0.182. The van der Waals surface area contributed by atoms with E-state index in [-0.39, 0.29) is 5.82 Å². The third-order valence-electron chi connectivity index (χ3n) is 2.27. The highest BCUT2D eigenvalue weighted by atomic mass is 79.9. The lowest BCUT2D eigenvalue weighted by Gasteiger charge is -1.99. The van der Waals surface area contributed by atoms with Gasteiger partial charge in [0.05, 0.1) is 11.6 Å². The maximum atomic E-state index is 13.6. The van der Waals surface area contributed by atoms with Crippen LogP contribution in [0.1, 0.15) is 15.2 Å². The molecule has 0 bridgehead atoms. The molecule has 0 N–H and O–H groups in total. The standard InChI is InChI=1S/C11H8BrFO2S/c1-5-3-7-6(9(12)10(5)13)4-8(16-7)11(14)15-2/h3-4H,1-2H3. The zero-order valence-corrected chi connectivity index (χ0v) is 11.0. The Morgan fingerprint density at radius 3 is 2.81 bits per heavy atom. The van der Waals surface area contributed by atoms with Gasteiger partial charge in [0.1, 0.15) is 10.7 Å². The van der Waals surface area contributed by atoms with Crippen molar-refractivity contribution in [3.8, 4) is 0 Å². The van der Waals surface area contributed by atoms with E-state index in [0.717, 1.165) is 4.70 Å². The molecule has 1 aromatic heterocycles. The van der Waals surface area contributed by atoms with Crippen molar-refractivity contribution in [2.45, 2.75) is 6.92 Å². The monoisotopic (exact) mass is 302 g/mol. The van der Waals surface area contributed by atoms with Gasteiger partial charge in [-0.15, -0.1) is 11.3 Å². The molecular formula is C11H8BrFO2S. The molecule has 0 saturated carbocycles. The van der Waals surface area contributed by atoms with Gasteiger partial charge in [0.2, 0.25) is 0 Å². The van der Waals surface area contributed by atoms with Gasteiger partial charge in [0, 0.05) is 10.1 Å². The molecule has 16 heavy (non-hydrogen) atoms. The number of ether oxygens (including phenoxy) is 1. The molecule has 0 aliphatic carbocycles. The van der Waals surface area contributed by atoms with Gasteiger partial charge in [-0.2, -0.15) is 0 Å². The minimum absolute atomic E-state index is 0.290. The highest BCUT2D eigenvalue weighted by Crippen LogP contribution is 2.35. The summed E-state index contributed by atoms with van der Waals surface area (Å²) < 4.78 is 19.5. The van der Waals surface area contributed by atoms with E-state index >= 15 is 0 Å². The number of esters is 1. The lowest BCUT2D eigenvalue weighted by Crippen LogP contribution is -1.96. The summed E-state index contributed by atoms with van der Waals surface area (Å²) in [5, 5.41) is 0.702. The fourth-order valence-corrected chi connectivity index (χ4v) is 3.30.